The average molecular weight is 249 g/mol. The van der Waals surface area contributed by atoms with Gasteiger partial charge in [0.15, 0.2) is 5.78 Å². The summed E-state index contributed by atoms with van der Waals surface area (Å²) in [6.07, 6.45) is 7.67. The molecule has 1 aliphatic rings. The highest BCUT2D eigenvalue weighted by Crippen LogP contribution is 2.23. The number of nitrogens with zero attached hydrogens (tertiary/aromatic N) is 3. The van der Waals surface area contributed by atoms with Crippen LogP contribution in [0.4, 0.5) is 0 Å². The van der Waals surface area contributed by atoms with Crippen LogP contribution in [0.5, 0.6) is 0 Å². The second-order valence-corrected chi connectivity index (χ2v) is 5.70. The van der Waals surface area contributed by atoms with Crippen LogP contribution in [-0.2, 0) is 18.3 Å². The maximum Gasteiger partial charge on any atom is 0.152 e. The molecule has 0 bridgehead atoms. The van der Waals surface area contributed by atoms with Crippen molar-refractivity contribution in [2.24, 2.45) is 7.05 Å². The molecule has 1 aliphatic heterocycles. The number of rotatable bonds is 5. The van der Waals surface area contributed by atoms with Gasteiger partial charge in [0.05, 0.1) is 11.7 Å². The normalized spacial score (nSPS) is 17.3. The maximum atomic E-state index is 12.4. The molecule has 18 heavy (non-hydrogen) atoms. The van der Waals surface area contributed by atoms with Crippen molar-refractivity contribution in [1.29, 1.82) is 0 Å². The first-order chi connectivity index (χ1) is 8.50. The van der Waals surface area contributed by atoms with E-state index in [-0.39, 0.29) is 5.54 Å². The summed E-state index contributed by atoms with van der Waals surface area (Å²) in [6.45, 7) is 6.24. The number of ketones is 1. The van der Waals surface area contributed by atoms with Crippen molar-refractivity contribution >= 4 is 5.78 Å². The summed E-state index contributed by atoms with van der Waals surface area (Å²) in [5.41, 5.74) is 0.835. The molecule has 2 rings (SSSR count). The summed E-state index contributed by atoms with van der Waals surface area (Å²) in [5, 5.41) is 4.13. The van der Waals surface area contributed by atoms with Gasteiger partial charge in [-0.15, -0.1) is 0 Å². The van der Waals surface area contributed by atoms with E-state index in [0.717, 1.165) is 25.1 Å². The summed E-state index contributed by atoms with van der Waals surface area (Å²) < 4.78 is 1.78. The monoisotopic (exact) mass is 249 g/mol. The molecule has 4 nitrogen and oxygen atoms in total. The van der Waals surface area contributed by atoms with Gasteiger partial charge in [0.2, 0.25) is 0 Å². The van der Waals surface area contributed by atoms with E-state index in [4.69, 9.17) is 0 Å². The van der Waals surface area contributed by atoms with E-state index in [0.29, 0.717) is 12.2 Å². The number of aryl methyl sites for hydroxylation is 2. The molecule has 0 amide bonds. The molecule has 100 valence electrons. The largest absolute Gasteiger partial charge is 0.298 e. The Kier molecular flexibility index (Phi) is 3.85. The van der Waals surface area contributed by atoms with Crippen LogP contribution in [0, 0.1) is 0 Å². The summed E-state index contributed by atoms with van der Waals surface area (Å²) in [6, 6.07) is 0. The SMILES string of the molecule is Cn1cc(CCC(=O)C(C)(C)N2CCCC2)cn1. The first kappa shape index (κ1) is 13.3. The van der Waals surface area contributed by atoms with Crippen molar-refractivity contribution in [3.05, 3.63) is 18.0 Å². The van der Waals surface area contributed by atoms with Crippen LogP contribution in [0.25, 0.3) is 0 Å². The zero-order valence-corrected chi connectivity index (χ0v) is 11.6. The molecule has 1 aromatic rings. The van der Waals surface area contributed by atoms with Crippen molar-refractivity contribution < 1.29 is 4.79 Å². The van der Waals surface area contributed by atoms with Gasteiger partial charge in [-0.3, -0.25) is 14.4 Å². The minimum Gasteiger partial charge on any atom is -0.298 e. The highest BCUT2D eigenvalue weighted by atomic mass is 16.1. The number of hydrogen-bond acceptors (Lipinski definition) is 3. The fourth-order valence-corrected chi connectivity index (χ4v) is 2.62. The average Bonchev–Trinajstić information content (AvgIpc) is 2.96. The van der Waals surface area contributed by atoms with E-state index in [1.807, 2.05) is 19.4 Å². The molecule has 0 unspecified atom stereocenters. The van der Waals surface area contributed by atoms with Crippen LogP contribution in [0.15, 0.2) is 12.4 Å². The first-order valence-electron chi connectivity index (χ1n) is 6.76. The molecular formula is C14H23N3O. The number of carbonyl (C=O) groups is 1. The van der Waals surface area contributed by atoms with Crippen molar-refractivity contribution in [2.75, 3.05) is 13.1 Å². The molecule has 0 aromatic carbocycles. The van der Waals surface area contributed by atoms with E-state index in [1.54, 1.807) is 4.68 Å². The molecule has 4 heteroatoms. The topological polar surface area (TPSA) is 38.1 Å². The summed E-state index contributed by atoms with van der Waals surface area (Å²) in [4.78, 5) is 14.7. The lowest BCUT2D eigenvalue weighted by atomic mass is 9.93. The van der Waals surface area contributed by atoms with Crippen molar-refractivity contribution in [3.63, 3.8) is 0 Å². The van der Waals surface area contributed by atoms with Gasteiger partial charge in [-0.25, -0.2) is 0 Å². The molecule has 0 saturated carbocycles. The Labute approximate surface area is 109 Å². The molecule has 1 aromatic heterocycles. The van der Waals surface area contributed by atoms with Gasteiger partial charge in [-0.05, 0) is 51.8 Å². The van der Waals surface area contributed by atoms with Crippen LogP contribution in [-0.4, -0.2) is 39.1 Å². The Hall–Kier alpha value is -1.16. The Morgan fingerprint density at radius 1 is 1.39 bits per heavy atom. The molecule has 2 heterocycles. The number of hydrogen-bond donors (Lipinski definition) is 0. The third kappa shape index (κ3) is 2.80. The van der Waals surface area contributed by atoms with E-state index in [1.165, 1.54) is 12.8 Å². The van der Waals surface area contributed by atoms with E-state index in [9.17, 15) is 4.79 Å². The van der Waals surface area contributed by atoms with E-state index < -0.39 is 0 Å². The number of likely N-dealkylation sites (tertiary alicyclic amines) is 1. The second kappa shape index (κ2) is 5.22. The van der Waals surface area contributed by atoms with E-state index in [2.05, 4.69) is 23.8 Å². The second-order valence-electron chi connectivity index (χ2n) is 5.70. The van der Waals surface area contributed by atoms with Crippen molar-refractivity contribution in [3.8, 4) is 0 Å². The Morgan fingerprint density at radius 3 is 2.61 bits per heavy atom. The maximum absolute atomic E-state index is 12.4. The van der Waals surface area contributed by atoms with Gasteiger partial charge in [0.1, 0.15) is 0 Å². The number of aromatic nitrogens is 2. The van der Waals surface area contributed by atoms with Gasteiger partial charge in [-0.2, -0.15) is 5.10 Å². The molecular weight excluding hydrogens is 226 g/mol. The van der Waals surface area contributed by atoms with Crippen molar-refractivity contribution in [1.82, 2.24) is 14.7 Å². The summed E-state index contributed by atoms with van der Waals surface area (Å²) in [7, 11) is 1.90. The molecule has 0 radical (unpaired) electrons. The minimum absolute atomic E-state index is 0.307. The molecule has 1 saturated heterocycles. The van der Waals surface area contributed by atoms with Crippen LogP contribution in [0.2, 0.25) is 0 Å². The standard InChI is InChI=1S/C14H23N3O/c1-14(2,17-8-4-5-9-17)13(18)7-6-12-10-15-16(3)11-12/h10-11H,4-9H2,1-3H3. The smallest absolute Gasteiger partial charge is 0.152 e. The van der Waals surface area contributed by atoms with Crippen LogP contribution < -0.4 is 0 Å². The van der Waals surface area contributed by atoms with Gasteiger partial charge in [-0.1, -0.05) is 0 Å². The van der Waals surface area contributed by atoms with Crippen LogP contribution in [0.3, 0.4) is 0 Å². The number of Topliss-reactive ketones (excluding diaryl/α,β-unsaturated/α-hetero) is 1. The van der Waals surface area contributed by atoms with Crippen molar-refractivity contribution in [2.45, 2.75) is 45.1 Å². The Bertz CT molecular complexity index is 416. The predicted octanol–water partition coefficient (Wildman–Crippen LogP) is 1.80. The first-order valence-corrected chi connectivity index (χ1v) is 6.76. The lowest BCUT2D eigenvalue weighted by Gasteiger charge is -2.33. The predicted molar refractivity (Wildman–Crippen MR) is 71.4 cm³/mol. The molecule has 0 atom stereocenters. The van der Waals surface area contributed by atoms with Crippen LogP contribution >= 0.6 is 0 Å². The van der Waals surface area contributed by atoms with E-state index >= 15 is 0 Å². The Balaban J connectivity index is 1.90. The zero-order valence-electron chi connectivity index (χ0n) is 11.6. The highest BCUT2D eigenvalue weighted by Gasteiger charge is 2.35. The van der Waals surface area contributed by atoms with Gasteiger partial charge < -0.3 is 0 Å². The number of carbonyl (C=O) groups excluding carboxylic acids is 1. The third-order valence-electron chi connectivity index (χ3n) is 3.98. The van der Waals surface area contributed by atoms with Gasteiger partial charge in [0, 0.05) is 19.7 Å². The summed E-state index contributed by atoms with van der Waals surface area (Å²) in [5.74, 6) is 0.341. The third-order valence-corrected chi connectivity index (χ3v) is 3.98. The van der Waals surface area contributed by atoms with Gasteiger partial charge in [0.25, 0.3) is 0 Å². The lowest BCUT2D eigenvalue weighted by molar-refractivity contribution is -0.128. The fraction of sp³-hybridized carbons (Fsp3) is 0.714. The molecule has 1 fully saturated rings. The summed E-state index contributed by atoms with van der Waals surface area (Å²) >= 11 is 0. The van der Waals surface area contributed by atoms with Gasteiger partial charge >= 0.3 is 0 Å². The Morgan fingerprint density at radius 2 is 2.06 bits per heavy atom. The fourth-order valence-electron chi connectivity index (χ4n) is 2.62. The minimum atomic E-state index is -0.307. The molecule has 0 spiro atoms. The zero-order chi connectivity index (χ0) is 13.2. The molecule has 0 aliphatic carbocycles. The highest BCUT2D eigenvalue weighted by molar-refractivity contribution is 5.87. The van der Waals surface area contributed by atoms with Crippen LogP contribution in [0.1, 0.15) is 38.7 Å². The quantitative estimate of drug-likeness (QED) is 0.798. The molecule has 0 N–H and O–H groups in total. The lowest BCUT2D eigenvalue weighted by Crippen LogP contribution is -2.48.